The van der Waals surface area contributed by atoms with Crippen LogP contribution in [-0.2, 0) is 9.59 Å². The third-order valence-corrected chi connectivity index (χ3v) is 4.76. The highest BCUT2D eigenvalue weighted by molar-refractivity contribution is 6.32. The highest BCUT2D eigenvalue weighted by atomic mass is 35.5. The van der Waals surface area contributed by atoms with Crippen LogP contribution in [0.5, 0.6) is 0 Å². The summed E-state index contributed by atoms with van der Waals surface area (Å²) in [5.74, 6) is -0.459. The maximum absolute atomic E-state index is 12.8. The minimum atomic E-state index is -0.559. The second-order valence-corrected chi connectivity index (χ2v) is 6.58. The van der Waals surface area contributed by atoms with E-state index in [2.05, 4.69) is 5.32 Å². The molecular formula is C19H19ClN2O2. The fourth-order valence-electron chi connectivity index (χ4n) is 2.92. The molecule has 2 aromatic rings. The van der Waals surface area contributed by atoms with Gasteiger partial charge in [0.25, 0.3) is 5.91 Å². The van der Waals surface area contributed by atoms with Gasteiger partial charge in [-0.25, -0.2) is 4.90 Å². The second-order valence-electron chi connectivity index (χ2n) is 6.17. The largest absolute Gasteiger partial charge is 0.373 e. The summed E-state index contributed by atoms with van der Waals surface area (Å²) in [6.07, 6.45) is 0.137. The van der Waals surface area contributed by atoms with Crippen LogP contribution in [0.1, 0.15) is 23.1 Å². The number of rotatable bonds is 3. The van der Waals surface area contributed by atoms with Crippen molar-refractivity contribution in [3.05, 3.63) is 58.1 Å². The Labute approximate surface area is 146 Å². The molecule has 24 heavy (non-hydrogen) atoms. The molecule has 0 aromatic heterocycles. The maximum atomic E-state index is 12.8. The van der Waals surface area contributed by atoms with Crippen molar-refractivity contribution in [1.82, 2.24) is 0 Å². The van der Waals surface area contributed by atoms with Crippen LogP contribution >= 0.6 is 11.6 Å². The minimum absolute atomic E-state index is 0.137. The van der Waals surface area contributed by atoms with Gasteiger partial charge in [0.15, 0.2) is 0 Å². The lowest BCUT2D eigenvalue weighted by atomic mass is 10.1. The molecule has 5 heteroatoms. The van der Waals surface area contributed by atoms with E-state index in [1.807, 2.05) is 39.0 Å². The number of carbonyl (C=O) groups is 2. The monoisotopic (exact) mass is 342 g/mol. The minimum Gasteiger partial charge on any atom is -0.373 e. The normalized spacial score (nSPS) is 17.5. The molecule has 3 rings (SSSR count). The number of hydrogen-bond acceptors (Lipinski definition) is 3. The van der Waals surface area contributed by atoms with E-state index >= 15 is 0 Å². The fourth-order valence-corrected chi connectivity index (χ4v) is 3.08. The molecule has 1 heterocycles. The van der Waals surface area contributed by atoms with E-state index in [1.54, 1.807) is 18.2 Å². The van der Waals surface area contributed by atoms with Crippen LogP contribution in [0.15, 0.2) is 36.4 Å². The van der Waals surface area contributed by atoms with E-state index in [0.29, 0.717) is 10.7 Å². The van der Waals surface area contributed by atoms with E-state index in [0.717, 1.165) is 22.4 Å². The Morgan fingerprint density at radius 3 is 2.62 bits per heavy atom. The molecule has 1 fully saturated rings. The number of benzene rings is 2. The zero-order valence-corrected chi connectivity index (χ0v) is 14.6. The van der Waals surface area contributed by atoms with Crippen LogP contribution in [0.25, 0.3) is 0 Å². The number of nitrogens with one attached hydrogen (secondary N) is 1. The summed E-state index contributed by atoms with van der Waals surface area (Å²) in [7, 11) is 0. The lowest BCUT2D eigenvalue weighted by Crippen LogP contribution is -2.35. The van der Waals surface area contributed by atoms with Crippen molar-refractivity contribution >= 4 is 34.8 Å². The average molecular weight is 343 g/mol. The molecule has 1 aliphatic heterocycles. The van der Waals surface area contributed by atoms with Crippen molar-refractivity contribution in [3.8, 4) is 0 Å². The molecule has 0 spiro atoms. The van der Waals surface area contributed by atoms with E-state index in [1.165, 1.54) is 4.90 Å². The number of nitrogens with zero attached hydrogens (tertiary/aromatic N) is 1. The quantitative estimate of drug-likeness (QED) is 0.857. The standard InChI is InChI=1S/C19H19ClN2O2/c1-11-7-8-12(2)15(9-11)21-16-10-18(23)22(19(16)24)17-6-4-5-14(20)13(17)3/h4-9,16,21H,10H2,1-3H3/t16-/m1/s1. The Bertz CT molecular complexity index is 832. The molecule has 0 aliphatic carbocycles. The smallest absolute Gasteiger partial charge is 0.256 e. The zero-order chi connectivity index (χ0) is 17.4. The molecule has 0 radical (unpaired) electrons. The molecule has 0 unspecified atom stereocenters. The lowest BCUT2D eigenvalue weighted by Gasteiger charge is -2.19. The molecule has 2 aromatic carbocycles. The highest BCUT2D eigenvalue weighted by Gasteiger charge is 2.40. The van der Waals surface area contributed by atoms with Crippen molar-refractivity contribution in [1.29, 1.82) is 0 Å². The first-order valence-electron chi connectivity index (χ1n) is 7.84. The fraction of sp³-hybridized carbons (Fsp3) is 0.263. The first-order chi connectivity index (χ1) is 11.4. The number of anilines is 2. The van der Waals surface area contributed by atoms with Crippen molar-refractivity contribution in [2.75, 3.05) is 10.2 Å². The predicted molar refractivity (Wildman–Crippen MR) is 96.6 cm³/mol. The van der Waals surface area contributed by atoms with Gasteiger partial charge in [0.05, 0.1) is 12.1 Å². The van der Waals surface area contributed by atoms with Gasteiger partial charge >= 0.3 is 0 Å². The van der Waals surface area contributed by atoms with Gasteiger partial charge in [-0.2, -0.15) is 0 Å². The Balaban J connectivity index is 1.89. The molecule has 2 amide bonds. The third kappa shape index (κ3) is 2.89. The molecule has 1 aliphatic rings. The topological polar surface area (TPSA) is 49.4 Å². The number of amides is 2. The summed E-state index contributed by atoms with van der Waals surface area (Å²) in [6.45, 7) is 5.78. The van der Waals surface area contributed by atoms with E-state index in [-0.39, 0.29) is 18.2 Å². The Morgan fingerprint density at radius 2 is 1.88 bits per heavy atom. The molecular weight excluding hydrogens is 324 g/mol. The Hall–Kier alpha value is -2.33. The van der Waals surface area contributed by atoms with Crippen LogP contribution in [0.4, 0.5) is 11.4 Å². The summed E-state index contributed by atoms with van der Waals surface area (Å²) >= 11 is 6.13. The highest BCUT2D eigenvalue weighted by Crippen LogP contribution is 2.31. The maximum Gasteiger partial charge on any atom is 0.256 e. The number of imide groups is 1. The first kappa shape index (κ1) is 16.5. The molecule has 1 atom stereocenters. The number of hydrogen-bond donors (Lipinski definition) is 1. The van der Waals surface area contributed by atoms with Crippen LogP contribution in [0, 0.1) is 20.8 Å². The lowest BCUT2D eigenvalue weighted by molar-refractivity contribution is -0.121. The average Bonchev–Trinajstić information content (AvgIpc) is 2.80. The molecule has 0 saturated carbocycles. The molecule has 1 N–H and O–H groups in total. The van der Waals surface area contributed by atoms with E-state index < -0.39 is 6.04 Å². The number of aryl methyl sites for hydroxylation is 2. The first-order valence-corrected chi connectivity index (χ1v) is 8.22. The zero-order valence-electron chi connectivity index (χ0n) is 13.9. The Kier molecular flexibility index (Phi) is 4.33. The van der Waals surface area contributed by atoms with E-state index in [9.17, 15) is 9.59 Å². The molecule has 0 bridgehead atoms. The summed E-state index contributed by atoms with van der Waals surface area (Å²) in [4.78, 5) is 26.4. The van der Waals surface area contributed by atoms with Crippen molar-refractivity contribution < 1.29 is 9.59 Å². The summed E-state index contributed by atoms with van der Waals surface area (Å²) < 4.78 is 0. The van der Waals surface area contributed by atoms with Gasteiger partial charge < -0.3 is 5.32 Å². The summed E-state index contributed by atoms with van der Waals surface area (Å²) in [5, 5.41) is 3.76. The number of halogens is 1. The van der Waals surface area contributed by atoms with Gasteiger partial charge in [-0.1, -0.05) is 29.8 Å². The molecule has 124 valence electrons. The van der Waals surface area contributed by atoms with Gasteiger partial charge in [0, 0.05) is 10.7 Å². The van der Waals surface area contributed by atoms with E-state index in [4.69, 9.17) is 11.6 Å². The molecule has 4 nitrogen and oxygen atoms in total. The van der Waals surface area contributed by atoms with Gasteiger partial charge in [-0.15, -0.1) is 0 Å². The van der Waals surface area contributed by atoms with Crippen LogP contribution in [0.3, 0.4) is 0 Å². The number of carbonyl (C=O) groups excluding carboxylic acids is 2. The predicted octanol–water partition coefficient (Wildman–Crippen LogP) is 4.01. The van der Waals surface area contributed by atoms with Crippen LogP contribution in [-0.4, -0.2) is 17.9 Å². The van der Waals surface area contributed by atoms with Gasteiger partial charge in [0.2, 0.25) is 5.91 Å². The third-order valence-electron chi connectivity index (χ3n) is 4.35. The van der Waals surface area contributed by atoms with Gasteiger partial charge in [-0.3, -0.25) is 9.59 Å². The summed E-state index contributed by atoms with van der Waals surface area (Å²) in [6, 6.07) is 10.7. The van der Waals surface area contributed by atoms with Crippen LogP contribution in [0.2, 0.25) is 5.02 Å². The van der Waals surface area contributed by atoms with Crippen molar-refractivity contribution in [3.63, 3.8) is 0 Å². The molecule has 1 saturated heterocycles. The van der Waals surface area contributed by atoms with Crippen molar-refractivity contribution in [2.45, 2.75) is 33.2 Å². The Morgan fingerprint density at radius 1 is 1.12 bits per heavy atom. The van der Waals surface area contributed by atoms with Crippen molar-refractivity contribution in [2.24, 2.45) is 0 Å². The van der Waals surface area contributed by atoms with Gasteiger partial charge in [-0.05, 0) is 55.7 Å². The van der Waals surface area contributed by atoms with Gasteiger partial charge in [0.1, 0.15) is 6.04 Å². The summed E-state index contributed by atoms with van der Waals surface area (Å²) in [5.41, 5.74) is 4.31. The second kappa shape index (κ2) is 6.29. The SMILES string of the molecule is Cc1ccc(C)c(N[C@@H]2CC(=O)N(c3cccc(Cl)c3C)C2=O)c1. The van der Waals surface area contributed by atoms with Crippen LogP contribution < -0.4 is 10.2 Å².